The Morgan fingerprint density at radius 2 is 2.00 bits per heavy atom. The Morgan fingerprint density at radius 3 is 2.58 bits per heavy atom. The molecule has 4 heteroatoms. The molecule has 19 heavy (non-hydrogen) atoms. The van der Waals surface area contributed by atoms with Crippen LogP contribution in [0.4, 0.5) is 0 Å². The Morgan fingerprint density at radius 1 is 1.26 bits per heavy atom. The summed E-state index contributed by atoms with van der Waals surface area (Å²) in [6.45, 7) is 6.70. The van der Waals surface area contributed by atoms with E-state index in [0.29, 0.717) is 24.0 Å². The van der Waals surface area contributed by atoms with Crippen molar-refractivity contribution >= 4 is 5.97 Å². The van der Waals surface area contributed by atoms with Crippen molar-refractivity contribution in [3.05, 3.63) is 23.8 Å². The lowest BCUT2D eigenvalue weighted by atomic mass is 10.0. The van der Waals surface area contributed by atoms with Gasteiger partial charge in [-0.1, -0.05) is 19.9 Å². The highest BCUT2D eigenvalue weighted by Crippen LogP contribution is 2.30. The van der Waals surface area contributed by atoms with Crippen molar-refractivity contribution < 1.29 is 19.0 Å². The van der Waals surface area contributed by atoms with Crippen LogP contribution >= 0.6 is 0 Å². The molecule has 0 N–H and O–H groups in total. The van der Waals surface area contributed by atoms with Crippen LogP contribution in [0.15, 0.2) is 18.2 Å². The van der Waals surface area contributed by atoms with Gasteiger partial charge in [0.15, 0.2) is 11.5 Å². The van der Waals surface area contributed by atoms with E-state index < -0.39 is 0 Å². The number of benzene rings is 1. The van der Waals surface area contributed by atoms with Crippen LogP contribution in [-0.2, 0) is 9.53 Å². The number of methoxy groups -OCH3 is 1. The highest BCUT2D eigenvalue weighted by Gasteiger charge is 2.09. The molecule has 1 rings (SSSR count). The molecule has 1 aromatic carbocycles. The van der Waals surface area contributed by atoms with Crippen LogP contribution in [0, 0.1) is 0 Å². The Labute approximate surface area is 114 Å². The van der Waals surface area contributed by atoms with Gasteiger partial charge in [0.05, 0.1) is 26.7 Å². The van der Waals surface area contributed by atoms with Crippen molar-refractivity contribution in [2.45, 2.75) is 33.1 Å². The normalized spacial score (nSPS) is 10.4. The molecule has 0 aliphatic carbocycles. The molecule has 0 heterocycles. The average molecular weight is 266 g/mol. The second-order valence-corrected chi connectivity index (χ2v) is 4.47. The minimum absolute atomic E-state index is 0.239. The van der Waals surface area contributed by atoms with Crippen molar-refractivity contribution in [2.24, 2.45) is 0 Å². The van der Waals surface area contributed by atoms with Crippen LogP contribution in [-0.4, -0.2) is 26.3 Å². The van der Waals surface area contributed by atoms with E-state index in [4.69, 9.17) is 14.2 Å². The lowest BCUT2D eigenvalue weighted by molar-refractivity contribution is -0.143. The van der Waals surface area contributed by atoms with E-state index in [1.54, 1.807) is 14.0 Å². The van der Waals surface area contributed by atoms with Crippen molar-refractivity contribution in [3.63, 3.8) is 0 Å². The molecule has 0 atom stereocenters. The van der Waals surface area contributed by atoms with Crippen LogP contribution in [0.5, 0.6) is 11.5 Å². The number of carbonyl (C=O) groups excluding carboxylic acids is 1. The van der Waals surface area contributed by atoms with Gasteiger partial charge in [0.1, 0.15) is 0 Å². The predicted octanol–water partition coefficient (Wildman–Crippen LogP) is 3.15. The number of carbonyl (C=O) groups is 1. The van der Waals surface area contributed by atoms with Gasteiger partial charge in [-0.3, -0.25) is 4.79 Å². The summed E-state index contributed by atoms with van der Waals surface area (Å²) in [4.78, 5) is 11.2. The molecule has 4 nitrogen and oxygen atoms in total. The zero-order valence-corrected chi connectivity index (χ0v) is 12.1. The van der Waals surface area contributed by atoms with Crippen LogP contribution in [0.2, 0.25) is 0 Å². The van der Waals surface area contributed by atoms with E-state index in [9.17, 15) is 4.79 Å². The minimum atomic E-state index is -0.249. The molecule has 0 unspecified atom stereocenters. The van der Waals surface area contributed by atoms with Gasteiger partial charge in [-0.15, -0.1) is 0 Å². The molecular formula is C15H22O4. The van der Waals surface area contributed by atoms with Gasteiger partial charge in [-0.05, 0) is 30.5 Å². The zero-order valence-electron chi connectivity index (χ0n) is 12.1. The molecule has 0 fully saturated rings. The largest absolute Gasteiger partial charge is 0.493 e. The molecule has 1 aromatic rings. The van der Waals surface area contributed by atoms with E-state index >= 15 is 0 Å². The summed E-state index contributed by atoms with van der Waals surface area (Å²) >= 11 is 0. The fraction of sp³-hybridized carbons (Fsp3) is 0.533. The van der Waals surface area contributed by atoms with E-state index in [1.165, 1.54) is 5.56 Å². The highest BCUT2D eigenvalue weighted by molar-refractivity contribution is 5.69. The molecular weight excluding hydrogens is 244 g/mol. The zero-order chi connectivity index (χ0) is 14.3. The van der Waals surface area contributed by atoms with Gasteiger partial charge in [0.25, 0.3) is 0 Å². The van der Waals surface area contributed by atoms with Crippen molar-refractivity contribution in [3.8, 4) is 11.5 Å². The lowest BCUT2D eigenvalue weighted by Gasteiger charge is -2.13. The minimum Gasteiger partial charge on any atom is -0.493 e. The second kappa shape index (κ2) is 7.67. The maximum atomic E-state index is 11.2. The highest BCUT2D eigenvalue weighted by atomic mass is 16.5. The van der Waals surface area contributed by atoms with Gasteiger partial charge in [0.2, 0.25) is 0 Å². The summed E-state index contributed by atoms with van der Waals surface area (Å²) in [5.41, 5.74) is 1.17. The van der Waals surface area contributed by atoms with Gasteiger partial charge in [-0.25, -0.2) is 0 Å². The van der Waals surface area contributed by atoms with E-state index in [1.807, 2.05) is 18.2 Å². The van der Waals surface area contributed by atoms with Gasteiger partial charge >= 0.3 is 5.97 Å². The Kier molecular flexibility index (Phi) is 6.19. The van der Waals surface area contributed by atoms with Crippen molar-refractivity contribution in [1.29, 1.82) is 0 Å². The molecule has 106 valence electrons. The smallest absolute Gasteiger partial charge is 0.309 e. The summed E-state index contributed by atoms with van der Waals surface area (Å²) in [6, 6.07) is 5.85. The third-order valence-corrected chi connectivity index (χ3v) is 2.72. The Balaban J connectivity index is 2.65. The Bertz CT molecular complexity index is 413. The maximum Gasteiger partial charge on any atom is 0.309 e. The molecule has 0 amide bonds. The predicted molar refractivity (Wildman–Crippen MR) is 73.8 cm³/mol. The molecule has 0 radical (unpaired) electrons. The lowest BCUT2D eigenvalue weighted by Crippen LogP contribution is -2.10. The topological polar surface area (TPSA) is 44.8 Å². The standard InChI is InChI=1S/C15H22O4/c1-5-18-15(16)8-9-19-14-10-12(11(2)3)6-7-13(14)17-4/h6-7,10-11H,5,8-9H2,1-4H3. The number of hydrogen-bond donors (Lipinski definition) is 0. The average Bonchev–Trinajstić information content (AvgIpc) is 2.38. The SMILES string of the molecule is CCOC(=O)CCOc1cc(C(C)C)ccc1OC. The molecule has 0 aliphatic heterocycles. The van der Waals surface area contributed by atoms with Crippen LogP contribution < -0.4 is 9.47 Å². The fourth-order valence-electron chi connectivity index (χ4n) is 1.64. The molecule has 0 saturated heterocycles. The summed E-state index contributed by atoms with van der Waals surface area (Å²) in [7, 11) is 1.60. The fourth-order valence-corrected chi connectivity index (χ4v) is 1.64. The summed E-state index contributed by atoms with van der Waals surface area (Å²) < 4.78 is 15.7. The van der Waals surface area contributed by atoms with Crippen LogP contribution in [0.25, 0.3) is 0 Å². The molecule has 0 spiro atoms. The second-order valence-electron chi connectivity index (χ2n) is 4.47. The molecule has 0 bridgehead atoms. The number of ether oxygens (including phenoxy) is 3. The van der Waals surface area contributed by atoms with E-state index in [-0.39, 0.29) is 19.0 Å². The van der Waals surface area contributed by atoms with E-state index in [2.05, 4.69) is 13.8 Å². The van der Waals surface area contributed by atoms with Crippen LogP contribution in [0.1, 0.15) is 38.7 Å². The third kappa shape index (κ3) is 4.81. The molecule has 0 aliphatic rings. The number of rotatable bonds is 7. The maximum absolute atomic E-state index is 11.2. The van der Waals surface area contributed by atoms with Crippen molar-refractivity contribution in [1.82, 2.24) is 0 Å². The monoisotopic (exact) mass is 266 g/mol. The summed E-state index contributed by atoms with van der Waals surface area (Å²) in [6.07, 6.45) is 0.239. The first kappa shape index (κ1) is 15.3. The molecule has 0 saturated carbocycles. The van der Waals surface area contributed by atoms with Crippen molar-refractivity contribution in [2.75, 3.05) is 20.3 Å². The van der Waals surface area contributed by atoms with Gasteiger partial charge < -0.3 is 14.2 Å². The van der Waals surface area contributed by atoms with Gasteiger partial charge in [-0.2, -0.15) is 0 Å². The van der Waals surface area contributed by atoms with E-state index in [0.717, 1.165) is 0 Å². The number of esters is 1. The molecule has 0 aromatic heterocycles. The quantitative estimate of drug-likeness (QED) is 0.711. The summed E-state index contributed by atoms with van der Waals surface area (Å²) in [5, 5.41) is 0. The Hall–Kier alpha value is -1.71. The first-order valence-corrected chi connectivity index (χ1v) is 6.54. The van der Waals surface area contributed by atoms with Gasteiger partial charge in [0, 0.05) is 0 Å². The third-order valence-electron chi connectivity index (χ3n) is 2.72. The summed E-state index contributed by atoms with van der Waals surface area (Å²) in [5.74, 6) is 1.51. The first-order chi connectivity index (χ1) is 9.08. The first-order valence-electron chi connectivity index (χ1n) is 6.54. The number of hydrogen-bond acceptors (Lipinski definition) is 4. The van der Waals surface area contributed by atoms with Crippen LogP contribution in [0.3, 0.4) is 0 Å².